The van der Waals surface area contributed by atoms with Gasteiger partial charge in [0.05, 0.1) is 19.9 Å². The SMILES string of the molecule is CCCc1ccc(OC(C)C(=O)Nc2cc(OC)ccc2OC)cc1. The molecule has 25 heavy (non-hydrogen) atoms. The van der Waals surface area contributed by atoms with Crippen LogP contribution in [-0.2, 0) is 11.2 Å². The monoisotopic (exact) mass is 343 g/mol. The molecule has 5 heteroatoms. The highest BCUT2D eigenvalue weighted by atomic mass is 16.5. The smallest absolute Gasteiger partial charge is 0.265 e. The van der Waals surface area contributed by atoms with E-state index in [0.717, 1.165) is 12.8 Å². The average molecular weight is 343 g/mol. The summed E-state index contributed by atoms with van der Waals surface area (Å²) in [6, 6.07) is 13.0. The third-order valence-electron chi connectivity index (χ3n) is 3.81. The van der Waals surface area contributed by atoms with Crippen molar-refractivity contribution in [3.05, 3.63) is 48.0 Å². The zero-order valence-electron chi connectivity index (χ0n) is 15.2. The summed E-state index contributed by atoms with van der Waals surface area (Å²) in [5, 5.41) is 2.82. The number of carbonyl (C=O) groups is 1. The largest absolute Gasteiger partial charge is 0.497 e. The number of anilines is 1. The van der Waals surface area contributed by atoms with E-state index in [9.17, 15) is 4.79 Å². The van der Waals surface area contributed by atoms with Gasteiger partial charge in [-0.15, -0.1) is 0 Å². The normalized spacial score (nSPS) is 11.5. The number of methoxy groups -OCH3 is 2. The van der Waals surface area contributed by atoms with Gasteiger partial charge in [0.1, 0.15) is 17.2 Å². The number of nitrogens with one attached hydrogen (secondary N) is 1. The molecule has 2 aromatic rings. The second-order valence-corrected chi connectivity index (χ2v) is 5.71. The molecule has 0 spiro atoms. The molecule has 1 atom stereocenters. The van der Waals surface area contributed by atoms with Crippen LogP contribution in [0.4, 0.5) is 5.69 Å². The molecule has 0 aromatic heterocycles. The number of benzene rings is 2. The van der Waals surface area contributed by atoms with Gasteiger partial charge in [-0.25, -0.2) is 0 Å². The first-order valence-electron chi connectivity index (χ1n) is 8.35. The van der Waals surface area contributed by atoms with Gasteiger partial charge in [-0.2, -0.15) is 0 Å². The lowest BCUT2D eigenvalue weighted by atomic mass is 10.1. The fraction of sp³-hybridized carbons (Fsp3) is 0.350. The Morgan fingerprint density at radius 1 is 1.04 bits per heavy atom. The van der Waals surface area contributed by atoms with Gasteiger partial charge >= 0.3 is 0 Å². The van der Waals surface area contributed by atoms with Gasteiger partial charge in [-0.3, -0.25) is 4.79 Å². The third kappa shape index (κ3) is 5.14. The fourth-order valence-corrected chi connectivity index (χ4v) is 2.43. The van der Waals surface area contributed by atoms with Gasteiger partial charge in [-0.05, 0) is 43.2 Å². The average Bonchev–Trinajstić information content (AvgIpc) is 2.63. The van der Waals surface area contributed by atoms with E-state index < -0.39 is 6.10 Å². The van der Waals surface area contributed by atoms with E-state index in [4.69, 9.17) is 14.2 Å². The van der Waals surface area contributed by atoms with Crippen LogP contribution in [0.25, 0.3) is 0 Å². The molecular formula is C20H25NO4. The van der Waals surface area contributed by atoms with Crippen LogP contribution in [0, 0.1) is 0 Å². The summed E-state index contributed by atoms with van der Waals surface area (Å²) in [7, 11) is 3.12. The molecular weight excluding hydrogens is 318 g/mol. The minimum Gasteiger partial charge on any atom is -0.497 e. The molecule has 1 amide bonds. The molecule has 1 unspecified atom stereocenters. The number of hydrogen-bond acceptors (Lipinski definition) is 4. The van der Waals surface area contributed by atoms with Crippen LogP contribution in [0.15, 0.2) is 42.5 Å². The first-order chi connectivity index (χ1) is 12.1. The van der Waals surface area contributed by atoms with Gasteiger partial charge in [0, 0.05) is 6.07 Å². The van der Waals surface area contributed by atoms with Crippen LogP contribution in [0.5, 0.6) is 17.2 Å². The highest BCUT2D eigenvalue weighted by Crippen LogP contribution is 2.29. The van der Waals surface area contributed by atoms with Crippen LogP contribution in [0.1, 0.15) is 25.8 Å². The molecule has 0 radical (unpaired) electrons. The maximum atomic E-state index is 12.4. The molecule has 0 saturated heterocycles. The van der Waals surface area contributed by atoms with Crippen LogP contribution in [0.3, 0.4) is 0 Å². The topological polar surface area (TPSA) is 56.8 Å². The van der Waals surface area contributed by atoms with Crippen LogP contribution in [-0.4, -0.2) is 26.2 Å². The van der Waals surface area contributed by atoms with E-state index in [0.29, 0.717) is 22.9 Å². The van der Waals surface area contributed by atoms with Crippen molar-refractivity contribution in [3.63, 3.8) is 0 Å². The Labute approximate surface area is 148 Å². The van der Waals surface area contributed by atoms with Gasteiger partial charge in [0.15, 0.2) is 6.10 Å². The van der Waals surface area contributed by atoms with E-state index in [1.807, 2.05) is 24.3 Å². The molecule has 2 aromatic carbocycles. The van der Waals surface area contributed by atoms with Crippen molar-refractivity contribution in [1.82, 2.24) is 0 Å². The summed E-state index contributed by atoms with van der Waals surface area (Å²) in [6.07, 6.45) is 1.49. The Morgan fingerprint density at radius 2 is 1.72 bits per heavy atom. The number of carbonyl (C=O) groups excluding carboxylic acids is 1. The summed E-state index contributed by atoms with van der Waals surface area (Å²) in [6.45, 7) is 3.85. The Balaban J connectivity index is 2.02. The number of rotatable bonds is 8. The molecule has 0 heterocycles. The molecule has 0 saturated carbocycles. The summed E-state index contributed by atoms with van der Waals surface area (Å²) in [4.78, 5) is 12.4. The van der Waals surface area contributed by atoms with Gasteiger partial charge in [-0.1, -0.05) is 25.5 Å². The minimum absolute atomic E-state index is 0.260. The lowest BCUT2D eigenvalue weighted by molar-refractivity contribution is -0.122. The number of amides is 1. The van der Waals surface area contributed by atoms with Crippen molar-refractivity contribution in [2.45, 2.75) is 32.8 Å². The predicted octanol–water partition coefficient (Wildman–Crippen LogP) is 4.06. The minimum atomic E-state index is -0.645. The van der Waals surface area contributed by atoms with Crippen LogP contribution < -0.4 is 19.5 Å². The standard InChI is InChI=1S/C20H25NO4/c1-5-6-15-7-9-16(10-8-15)25-14(2)20(22)21-18-13-17(23-3)11-12-19(18)24-4/h7-14H,5-6H2,1-4H3,(H,21,22). The van der Waals surface area contributed by atoms with Crippen molar-refractivity contribution in [2.75, 3.05) is 19.5 Å². The van der Waals surface area contributed by atoms with Crippen molar-refractivity contribution in [1.29, 1.82) is 0 Å². The molecule has 1 N–H and O–H groups in total. The summed E-state index contributed by atoms with van der Waals surface area (Å²) in [5.41, 5.74) is 1.80. The molecule has 0 aliphatic rings. The quantitative estimate of drug-likeness (QED) is 0.785. The van der Waals surface area contributed by atoms with Gasteiger partial charge < -0.3 is 19.5 Å². The second-order valence-electron chi connectivity index (χ2n) is 5.71. The highest BCUT2D eigenvalue weighted by Gasteiger charge is 2.17. The zero-order valence-corrected chi connectivity index (χ0v) is 15.2. The lowest BCUT2D eigenvalue weighted by Crippen LogP contribution is -2.30. The summed E-state index contributed by atoms with van der Waals surface area (Å²) >= 11 is 0. The molecule has 134 valence electrons. The Kier molecular flexibility index (Phi) is 6.69. The van der Waals surface area contributed by atoms with E-state index in [1.165, 1.54) is 5.56 Å². The number of hydrogen-bond donors (Lipinski definition) is 1. The van der Waals surface area contributed by atoms with Crippen LogP contribution >= 0.6 is 0 Å². The van der Waals surface area contributed by atoms with Gasteiger partial charge in [0.2, 0.25) is 0 Å². The zero-order chi connectivity index (χ0) is 18.2. The maximum absolute atomic E-state index is 12.4. The van der Waals surface area contributed by atoms with E-state index in [2.05, 4.69) is 12.2 Å². The number of ether oxygens (including phenoxy) is 3. The molecule has 2 rings (SSSR count). The van der Waals surface area contributed by atoms with Crippen molar-refractivity contribution >= 4 is 11.6 Å². The fourth-order valence-electron chi connectivity index (χ4n) is 2.43. The molecule has 0 fully saturated rings. The van der Waals surface area contributed by atoms with Gasteiger partial charge in [0.25, 0.3) is 5.91 Å². The lowest BCUT2D eigenvalue weighted by Gasteiger charge is -2.17. The van der Waals surface area contributed by atoms with Crippen LogP contribution in [0.2, 0.25) is 0 Å². The second kappa shape index (κ2) is 8.97. The Hall–Kier alpha value is -2.69. The predicted molar refractivity (Wildman–Crippen MR) is 98.7 cm³/mol. The molecule has 0 aliphatic carbocycles. The van der Waals surface area contributed by atoms with Crippen molar-refractivity contribution in [3.8, 4) is 17.2 Å². The first kappa shape index (κ1) is 18.6. The summed E-state index contributed by atoms with van der Waals surface area (Å²) in [5.74, 6) is 1.60. The summed E-state index contributed by atoms with van der Waals surface area (Å²) < 4.78 is 16.2. The maximum Gasteiger partial charge on any atom is 0.265 e. The third-order valence-corrected chi connectivity index (χ3v) is 3.81. The first-order valence-corrected chi connectivity index (χ1v) is 8.35. The van der Waals surface area contributed by atoms with E-state index >= 15 is 0 Å². The van der Waals surface area contributed by atoms with E-state index in [1.54, 1.807) is 39.3 Å². The van der Waals surface area contributed by atoms with Crippen molar-refractivity contribution < 1.29 is 19.0 Å². The highest BCUT2D eigenvalue weighted by molar-refractivity contribution is 5.95. The molecule has 0 aliphatic heterocycles. The van der Waals surface area contributed by atoms with Crippen molar-refractivity contribution in [2.24, 2.45) is 0 Å². The molecule has 5 nitrogen and oxygen atoms in total. The Bertz CT molecular complexity index is 697. The number of aryl methyl sites for hydroxylation is 1. The Morgan fingerprint density at radius 3 is 2.32 bits per heavy atom. The molecule has 0 bridgehead atoms. The van der Waals surface area contributed by atoms with E-state index in [-0.39, 0.29) is 5.91 Å².